The highest BCUT2D eigenvalue weighted by Gasteiger charge is 2.15. The quantitative estimate of drug-likeness (QED) is 0.466. The highest BCUT2D eigenvalue weighted by atomic mass is 16.1. The number of hydrogen-bond donors (Lipinski definition) is 2. The summed E-state index contributed by atoms with van der Waals surface area (Å²) in [6, 6.07) is 24.5. The van der Waals surface area contributed by atoms with Crippen LogP contribution in [0.3, 0.4) is 0 Å². The van der Waals surface area contributed by atoms with Gasteiger partial charge in [-0.15, -0.1) is 0 Å². The molecule has 5 rings (SSSR count). The summed E-state index contributed by atoms with van der Waals surface area (Å²) in [6.45, 7) is 0.523. The number of amides is 1. The van der Waals surface area contributed by atoms with E-state index in [-0.39, 0.29) is 11.5 Å². The molecule has 0 aliphatic carbocycles. The highest BCUT2D eigenvalue weighted by molar-refractivity contribution is 5.98. The molecule has 0 aliphatic heterocycles. The molecular formula is C24H19N5O2. The van der Waals surface area contributed by atoms with Crippen molar-refractivity contribution >= 4 is 22.5 Å². The topological polar surface area (TPSA) is 92.2 Å². The van der Waals surface area contributed by atoms with Gasteiger partial charge in [-0.1, -0.05) is 60.7 Å². The van der Waals surface area contributed by atoms with E-state index < -0.39 is 0 Å². The molecule has 0 fully saturated rings. The van der Waals surface area contributed by atoms with E-state index in [0.717, 1.165) is 17.5 Å². The van der Waals surface area contributed by atoms with Gasteiger partial charge in [0, 0.05) is 17.7 Å². The molecule has 0 spiro atoms. The van der Waals surface area contributed by atoms with Crippen LogP contribution in [0.1, 0.15) is 15.9 Å². The van der Waals surface area contributed by atoms with E-state index in [1.165, 1.54) is 0 Å². The van der Waals surface area contributed by atoms with Gasteiger partial charge in [-0.05, 0) is 30.2 Å². The van der Waals surface area contributed by atoms with Crippen LogP contribution in [0, 0.1) is 0 Å². The van der Waals surface area contributed by atoms with Crippen LogP contribution >= 0.6 is 0 Å². The van der Waals surface area contributed by atoms with Crippen LogP contribution in [0.15, 0.2) is 83.7 Å². The smallest absolute Gasteiger partial charge is 0.281 e. The van der Waals surface area contributed by atoms with Crippen LogP contribution < -0.4 is 10.9 Å². The minimum Gasteiger partial charge on any atom is -0.352 e. The summed E-state index contributed by atoms with van der Waals surface area (Å²) < 4.78 is 1.64. The normalized spacial score (nSPS) is 11.1. The van der Waals surface area contributed by atoms with Gasteiger partial charge < -0.3 is 5.32 Å². The number of carbonyl (C=O) groups is 1. The van der Waals surface area contributed by atoms with Crippen LogP contribution in [0.5, 0.6) is 0 Å². The number of nitrogens with one attached hydrogen (secondary N) is 2. The lowest BCUT2D eigenvalue weighted by atomic mass is 10.1. The van der Waals surface area contributed by atoms with Crippen molar-refractivity contribution in [3.8, 4) is 11.3 Å². The van der Waals surface area contributed by atoms with Crippen molar-refractivity contribution in [2.45, 2.75) is 6.42 Å². The Morgan fingerprint density at radius 1 is 0.968 bits per heavy atom. The number of benzene rings is 3. The molecule has 2 aromatic heterocycles. The van der Waals surface area contributed by atoms with Gasteiger partial charge in [0.2, 0.25) is 0 Å². The minimum absolute atomic E-state index is 0.196. The standard InChI is InChI=1S/C24H19N5O2/c30-23(25-14-13-16-7-3-1-4-8-16)18-11-12-19-20(15-18)29-22(26-24(19)31)21(27-28-29)17-9-5-2-6-10-17/h1-12,15,28H,13-14H2,(H,25,30). The Labute approximate surface area is 177 Å². The molecule has 7 nitrogen and oxygen atoms in total. The second-order valence-corrected chi connectivity index (χ2v) is 7.23. The molecule has 0 radical (unpaired) electrons. The number of carbonyl (C=O) groups excluding carboxylic acids is 1. The number of nitrogens with zero attached hydrogens (tertiary/aromatic N) is 3. The summed E-state index contributed by atoms with van der Waals surface area (Å²) in [5.41, 5.74) is 3.68. The molecule has 2 N–H and O–H groups in total. The van der Waals surface area contributed by atoms with Crippen LogP contribution in [-0.4, -0.2) is 32.3 Å². The van der Waals surface area contributed by atoms with Crippen LogP contribution in [0.2, 0.25) is 0 Å². The zero-order valence-corrected chi connectivity index (χ0v) is 16.6. The van der Waals surface area contributed by atoms with Gasteiger partial charge in [-0.2, -0.15) is 10.1 Å². The van der Waals surface area contributed by atoms with Crippen molar-refractivity contribution in [2.24, 2.45) is 0 Å². The zero-order chi connectivity index (χ0) is 21.2. The number of fused-ring (bicyclic) bond motifs is 3. The van der Waals surface area contributed by atoms with Gasteiger partial charge in [0.25, 0.3) is 11.5 Å². The van der Waals surface area contributed by atoms with Crippen LogP contribution in [-0.2, 0) is 6.42 Å². The van der Waals surface area contributed by atoms with Gasteiger partial charge in [-0.25, -0.2) is 9.73 Å². The molecule has 0 bridgehead atoms. The van der Waals surface area contributed by atoms with E-state index in [9.17, 15) is 9.59 Å². The second kappa shape index (κ2) is 7.87. The maximum absolute atomic E-state index is 12.7. The average molecular weight is 409 g/mol. The van der Waals surface area contributed by atoms with Gasteiger partial charge in [-0.3, -0.25) is 9.59 Å². The van der Waals surface area contributed by atoms with Crippen molar-refractivity contribution in [3.05, 3.63) is 100 Å². The fourth-order valence-corrected chi connectivity index (χ4v) is 3.63. The molecule has 0 atom stereocenters. The molecule has 2 heterocycles. The first-order chi connectivity index (χ1) is 15.2. The molecule has 1 amide bonds. The van der Waals surface area contributed by atoms with E-state index in [2.05, 4.69) is 20.6 Å². The molecule has 0 aliphatic rings. The summed E-state index contributed by atoms with van der Waals surface area (Å²) >= 11 is 0. The van der Waals surface area contributed by atoms with Gasteiger partial charge in [0.05, 0.1) is 10.9 Å². The van der Waals surface area contributed by atoms with Gasteiger partial charge in [0.1, 0.15) is 5.69 Å². The Kier molecular flexibility index (Phi) is 4.76. The van der Waals surface area contributed by atoms with E-state index in [1.807, 2.05) is 60.7 Å². The molecule has 7 heteroatoms. The summed E-state index contributed by atoms with van der Waals surface area (Å²) in [4.78, 5) is 29.5. The van der Waals surface area contributed by atoms with E-state index in [0.29, 0.717) is 34.4 Å². The molecule has 3 aromatic carbocycles. The number of hydrogen-bond acceptors (Lipinski definition) is 4. The Hall–Kier alpha value is -4.26. The van der Waals surface area contributed by atoms with Crippen LogP contribution in [0.4, 0.5) is 0 Å². The van der Waals surface area contributed by atoms with Crippen molar-refractivity contribution in [1.29, 1.82) is 0 Å². The molecule has 0 saturated heterocycles. The lowest BCUT2D eigenvalue weighted by molar-refractivity contribution is 0.0954. The molecule has 31 heavy (non-hydrogen) atoms. The highest BCUT2D eigenvalue weighted by Crippen LogP contribution is 2.22. The SMILES string of the molecule is O=C(NCCc1ccccc1)c1ccc2c(=O)nc3c(-c4ccccc4)n[nH]n3c2c1. The predicted molar refractivity (Wildman–Crippen MR) is 119 cm³/mol. The molecule has 0 saturated carbocycles. The monoisotopic (exact) mass is 409 g/mol. The minimum atomic E-state index is -0.357. The van der Waals surface area contributed by atoms with Crippen molar-refractivity contribution in [3.63, 3.8) is 0 Å². The third-order valence-corrected chi connectivity index (χ3v) is 5.21. The van der Waals surface area contributed by atoms with E-state index in [4.69, 9.17) is 0 Å². The molecule has 0 unspecified atom stereocenters. The molecule has 5 aromatic rings. The van der Waals surface area contributed by atoms with E-state index >= 15 is 0 Å². The summed E-state index contributed by atoms with van der Waals surface area (Å²) in [6.07, 6.45) is 0.745. The number of H-pyrrole nitrogens is 1. The summed E-state index contributed by atoms with van der Waals surface area (Å²) in [7, 11) is 0. The third-order valence-electron chi connectivity index (χ3n) is 5.21. The number of rotatable bonds is 5. The summed E-state index contributed by atoms with van der Waals surface area (Å²) in [5.74, 6) is -0.196. The fraction of sp³-hybridized carbons (Fsp3) is 0.0833. The predicted octanol–water partition coefficient (Wildman–Crippen LogP) is 3.21. The van der Waals surface area contributed by atoms with Crippen molar-refractivity contribution < 1.29 is 4.79 Å². The van der Waals surface area contributed by atoms with Gasteiger partial charge in [0.15, 0.2) is 5.65 Å². The Morgan fingerprint density at radius 2 is 1.71 bits per heavy atom. The van der Waals surface area contributed by atoms with Crippen molar-refractivity contribution in [1.82, 2.24) is 25.1 Å². The third kappa shape index (κ3) is 3.57. The average Bonchev–Trinajstić information content (AvgIpc) is 3.24. The fourth-order valence-electron chi connectivity index (χ4n) is 3.63. The Morgan fingerprint density at radius 3 is 2.48 bits per heavy atom. The largest absolute Gasteiger partial charge is 0.352 e. The maximum Gasteiger partial charge on any atom is 0.281 e. The first-order valence-corrected chi connectivity index (χ1v) is 9.99. The summed E-state index contributed by atoms with van der Waals surface area (Å²) in [5, 5.41) is 10.6. The maximum atomic E-state index is 12.7. The first-order valence-electron chi connectivity index (χ1n) is 9.99. The lowest BCUT2D eigenvalue weighted by Gasteiger charge is -2.07. The number of aromatic nitrogens is 4. The number of aromatic amines is 1. The Bertz CT molecular complexity index is 1440. The molecular weight excluding hydrogens is 390 g/mol. The second-order valence-electron chi connectivity index (χ2n) is 7.23. The molecule has 152 valence electrons. The Balaban J connectivity index is 1.48. The lowest BCUT2D eigenvalue weighted by Crippen LogP contribution is -2.25. The zero-order valence-electron chi connectivity index (χ0n) is 16.6. The van der Waals surface area contributed by atoms with Crippen molar-refractivity contribution in [2.75, 3.05) is 6.54 Å². The van der Waals surface area contributed by atoms with Crippen LogP contribution in [0.25, 0.3) is 27.8 Å². The van der Waals surface area contributed by atoms with E-state index in [1.54, 1.807) is 22.7 Å². The first kappa shape index (κ1) is 18.7. The van der Waals surface area contributed by atoms with Gasteiger partial charge >= 0.3 is 0 Å².